The van der Waals surface area contributed by atoms with Crippen LogP contribution in [-0.2, 0) is 23.8 Å². The first-order valence-corrected chi connectivity index (χ1v) is 17.0. The molecular formula is C35H58O5. The summed E-state index contributed by atoms with van der Waals surface area (Å²) in [6.07, 6.45) is 14.6. The lowest BCUT2D eigenvalue weighted by atomic mass is 9.44. The van der Waals surface area contributed by atoms with Gasteiger partial charge in [-0.05, 0) is 124 Å². The number of esters is 2. The quantitative estimate of drug-likeness (QED) is 0.199. The SMILES string of the molecule is CCCC(=O)O[C@H]1CC[C@@]2(C)C(CC[C@H]3[C@@H]4C[C@H](OC(=O)CCC)[C@H]([C@@]5(C)O[C@@H]5CCC(C)C)[C@@]4(C)CC[C@@H]32)C1. The molecular weight excluding hydrogens is 500 g/mol. The van der Waals surface area contributed by atoms with E-state index in [1.54, 1.807) is 0 Å². The molecule has 0 N–H and O–H groups in total. The largest absolute Gasteiger partial charge is 0.462 e. The molecule has 1 unspecified atom stereocenters. The first-order valence-electron chi connectivity index (χ1n) is 17.0. The van der Waals surface area contributed by atoms with Crippen LogP contribution in [0.2, 0.25) is 0 Å². The van der Waals surface area contributed by atoms with E-state index in [1.807, 2.05) is 6.92 Å². The molecule has 5 heteroatoms. The van der Waals surface area contributed by atoms with Crippen LogP contribution in [0.4, 0.5) is 0 Å². The number of epoxide rings is 1. The molecule has 0 radical (unpaired) electrons. The Morgan fingerprint density at radius 1 is 0.850 bits per heavy atom. The van der Waals surface area contributed by atoms with Crippen molar-refractivity contribution in [2.24, 2.45) is 46.3 Å². The van der Waals surface area contributed by atoms with Gasteiger partial charge in [0.25, 0.3) is 0 Å². The number of hydrogen-bond donors (Lipinski definition) is 0. The van der Waals surface area contributed by atoms with Crippen molar-refractivity contribution in [3.8, 4) is 0 Å². The Hall–Kier alpha value is -1.10. The minimum Gasteiger partial charge on any atom is -0.462 e. The van der Waals surface area contributed by atoms with Crippen LogP contribution >= 0.6 is 0 Å². The van der Waals surface area contributed by atoms with Crippen molar-refractivity contribution in [3.63, 3.8) is 0 Å². The van der Waals surface area contributed by atoms with Crippen molar-refractivity contribution < 1.29 is 23.8 Å². The van der Waals surface area contributed by atoms with Crippen LogP contribution in [0.5, 0.6) is 0 Å². The fourth-order valence-electron chi connectivity index (χ4n) is 10.7. The summed E-state index contributed by atoms with van der Waals surface area (Å²) in [4.78, 5) is 25.1. The summed E-state index contributed by atoms with van der Waals surface area (Å²) in [6, 6.07) is 0. The normalized spacial score (nSPS) is 45.8. The predicted octanol–water partition coefficient (Wildman–Crippen LogP) is 8.27. The zero-order chi connectivity index (χ0) is 28.9. The van der Waals surface area contributed by atoms with Gasteiger partial charge in [-0.3, -0.25) is 9.59 Å². The van der Waals surface area contributed by atoms with Gasteiger partial charge in [-0.2, -0.15) is 0 Å². The highest BCUT2D eigenvalue weighted by Gasteiger charge is 2.71. The summed E-state index contributed by atoms with van der Waals surface area (Å²) in [5, 5.41) is 0. The summed E-state index contributed by atoms with van der Waals surface area (Å²) < 4.78 is 18.9. The van der Waals surface area contributed by atoms with Gasteiger partial charge >= 0.3 is 11.9 Å². The van der Waals surface area contributed by atoms with E-state index in [0.29, 0.717) is 54.0 Å². The molecule has 5 fully saturated rings. The molecule has 228 valence electrons. The lowest BCUT2D eigenvalue weighted by Crippen LogP contribution is -2.55. The Morgan fingerprint density at radius 3 is 2.20 bits per heavy atom. The topological polar surface area (TPSA) is 65.1 Å². The second-order valence-corrected chi connectivity index (χ2v) is 15.6. The van der Waals surface area contributed by atoms with Gasteiger partial charge in [-0.1, -0.05) is 41.5 Å². The van der Waals surface area contributed by atoms with Crippen molar-refractivity contribution >= 4 is 11.9 Å². The highest BCUT2D eigenvalue weighted by atomic mass is 16.6. The monoisotopic (exact) mass is 558 g/mol. The molecule has 1 aliphatic heterocycles. The number of rotatable bonds is 10. The molecule has 11 atom stereocenters. The lowest BCUT2D eigenvalue weighted by molar-refractivity contribution is -0.163. The van der Waals surface area contributed by atoms with E-state index in [1.165, 1.54) is 38.5 Å². The van der Waals surface area contributed by atoms with Crippen LogP contribution in [0.25, 0.3) is 0 Å². The molecule has 5 nitrogen and oxygen atoms in total. The third-order valence-electron chi connectivity index (χ3n) is 12.7. The van der Waals surface area contributed by atoms with Gasteiger partial charge in [0, 0.05) is 18.8 Å². The molecule has 4 saturated carbocycles. The van der Waals surface area contributed by atoms with Crippen molar-refractivity contribution in [1.82, 2.24) is 0 Å². The molecule has 5 aliphatic rings. The third-order valence-corrected chi connectivity index (χ3v) is 12.7. The minimum absolute atomic E-state index is 0.0126. The van der Waals surface area contributed by atoms with Gasteiger partial charge in [0.05, 0.1) is 11.7 Å². The number of hydrogen-bond acceptors (Lipinski definition) is 5. The first kappa shape index (κ1) is 30.4. The molecule has 0 amide bonds. The van der Waals surface area contributed by atoms with Gasteiger partial charge in [0.2, 0.25) is 0 Å². The maximum Gasteiger partial charge on any atom is 0.306 e. The molecule has 0 spiro atoms. The van der Waals surface area contributed by atoms with Crippen LogP contribution in [0, 0.1) is 46.3 Å². The number of ether oxygens (including phenoxy) is 3. The van der Waals surface area contributed by atoms with Crippen LogP contribution in [-0.4, -0.2) is 35.9 Å². The standard InChI is InChI=1S/C35H58O5/c1-8-10-30(36)38-24-16-18-33(5)23(20-24)13-14-25-26(33)17-19-34(6)27(25)21-28(39-31(37)11-9-2)32(34)35(7)29(40-35)15-12-22(3)4/h22-29,32H,8-21H2,1-7H3/t23?,24-,25+,26-,27-,28-,29+,32-,33-,34-,35-/m0/s1. The van der Waals surface area contributed by atoms with E-state index in [0.717, 1.165) is 38.5 Å². The number of carbonyl (C=O) groups excluding carboxylic acids is 2. The average molecular weight is 559 g/mol. The maximum atomic E-state index is 12.9. The second kappa shape index (κ2) is 11.5. The van der Waals surface area contributed by atoms with Crippen LogP contribution < -0.4 is 0 Å². The summed E-state index contributed by atoms with van der Waals surface area (Å²) in [7, 11) is 0. The molecule has 5 rings (SSSR count). The van der Waals surface area contributed by atoms with Gasteiger partial charge in [0.1, 0.15) is 12.2 Å². The lowest BCUT2D eigenvalue weighted by Gasteiger charge is -2.61. The summed E-state index contributed by atoms with van der Waals surface area (Å²) in [5.41, 5.74) is 0.295. The van der Waals surface area contributed by atoms with Gasteiger partial charge in [0.15, 0.2) is 0 Å². The zero-order valence-electron chi connectivity index (χ0n) is 26.6. The zero-order valence-corrected chi connectivity index (χ0v) is 26.6. The smallest absolute Gasteiger partial charge is 0.306 e. The minimum atomic E-state index is -0.177. The Kier molecular flexibility index (Phi) is 8.75. The van der Waals surface area contributed by atoms with Crippen molar-refractivity contribution in [1.29, 1.82) is 0 Å². The first-order chi connectivity index (χ1) is 19.0. The Balaban J connectivity index is 1.35. The molecule has 1 heterocycles. The summed E-state index contributed by atoms with van der Waals surface area (Å²) in [5.74, 6) is 3.55. The van der Waals surface area contributed by atoms with Crippen molar-refractivity contribution in [2.45, 2.75) is 162 Å². The van der Waals surface area contributed by atoms with Gasteiger partial charge in [-0.15, -0.1) is 0 Å². The Morgan fingerprint density at radius 2 is 1.52 bits per heavy atom. The van der Waals surface area contributed by atoms with E-state index in [9.17, 15) is 9.59 Å². The van der Waals surface area contributed by atoms with E-state index in [-0.39, 0.29) is 41.1 Å². The summed E-state index contributed by atoms with van der Waals surface area (Å²) >= 11 is 0. The molecule has 40 heavy (non-hydrogen) atoms. The predicted molar refractivity (Wildman–Crippen MR) is 158 cm³/mol. The highest BCUT2D eigenvalue weighted by molar-refractivity contribution is 5.69. The van der Waals surface area contributed by atoms with Gasteiger partial charge in [-0.25, -0.2) is 0 Å². The molecule has 0 bridgehead atoms. The maximum absolute atomic E-state index is 12.9. The van der Waals surface area contributed by atoms with Crippen molar-refractivity contribution in [3.05, 3.63) is 0 Å². The molecule has 0 aromatic rings. The fraction of sp³-hybridized carbons (Fsp3) is 0.943. The van der Waals surface area contributed by atoms with E-state index < -0.39 is 0 Å². The molecule has 4 aliphatic carbocycles. The fourth-order valence-corrected chi connectivity index (χ4v) is 10.7. The highest BCUT2D eigenvalue weighted by Crippen LogP contribution is 2.71. The van der Waals surface area contributed by atoms with Crippen LogP contribution in [0.15, 0.2) is 0 Å². The van der Waals surface area contributed by atoms with Gasteiger partial charge < -0.3 is 14.2 Å². The van der Waals surface area contributed by atoms with Crippen molar-refractivity contribution in [2.75, 3.05) is 0 Å². The molecule has 1 saturated heterocycles. The average Bonchev–Trinajstić information content (AvgIpc) is 3.43. The number of fused-ring (bicyclic) bond motifs is 5. The second-order valence-electron chi connectivity index (χ2n) is 15.6. The third kappa shape index (κ3) is 5.39. The molecule has 0 aromatic heterocycles. The Labute approximate surface area is 244 Å². The van der Waals surface area contributed by atoms with E-state index in [4.69, 9.17) is 14.2 Å². The Bertz CT molecular complexity index is 931. The van der Waals surface area contributed by atoms with E-state index in [2.05, 4.69) is 41.5 Å². The summed E-state index contributed by atoms with van der Waals surface area (Å²) in [6.45, 7) is 16.1. The van der Waals surface area contributed by atoms with Crippen LogP contribution in [0.1, 0.15) is 138 Å². The molecule has 0 aromatic carbocycles. The van der Waals surface area contributed by atoms with E-state index >= 15 is 0 Å². The van der Waals surface area contributed by atoms with Crippen LogP contribution in [0.3, 0.4) is 0 Å². The number of carbonyl (C=O) groups is 2.